The van der Waals surface area contributed by atoms with Gasteiger partial charge >= 0.3 is 0 Å². The van der Waals surface area contributed by atoms with Crippen LogP contribution in [0.4, 0.5) is 0 Å². The molecule has 0 N–H and O–H groups in total. The standard InChI is InChI=1S/C25H32N4O3/c1-19-6-2-3-7-20(19)8-9-22(30)27-15-10-25(11-16-27)24-26-12-17-29(24)18-21(32-25)23(31)28-13-4-5-14-28/h2-3,6-7,12,17,21H,4-5,8-11,13-16,18H2,1H3/t21-/m0/s1. The fraction of sp³-hybridized carbons (Fsp3) is 0.560. The van der Waals surface area contributed by atoms with Crippen LogP contribution in [0.1, 0.15) is 49.1 Å². The van der Waals surface area contributed by atoms with Gasteiger partial charge in [-0.3, -0.25) is 9.59 Å². The van der Waals surface area contributed by atoms with Gasteiger partial charge in [-0.1, -0.05) is 24.3 Å². The lowest BCUT2D eigenvalue weighted by atomic mass is 9.88. The molecule has 3 aliphatic rings. The first-order valence-electron chi connectivity index (χ1n) is 11.9. The molecule has 0 unspecified atom stereocenters. The van der Waals surface area contributed by atoms with Gasteiger partial charge in [0.15, 0.2) is 6.10 Å². The van der Waals surface area contributed by atoms with E-state index in [2.05, 4.69) is 28.6 Å². The van der Waals surface area contributed by atoms with E-state index < -0.39 is 11.7 Å². The predicted molar refractivity (Wildman–Crippen MR) is 120 cm³/mol. The van der Waals surface area contributed by atoms with Crippen molar-refractivity contribution in [2.45, 2.75) is 63.7 Å². The van der Waals surface area contributed by atoms with Crippen LogP contribution in [0.3, 0.4) is 0 Å². The predicted octanol–water partition coefficient (Wildman–Crippen LogP) is 2.66. The summed E-state index contributed by atoms with van der Waals surface area (Å²) in [6.07, 6.45) is 8.03. The van der Waals surface area contributed by atoms with Crippen molar-refractivity contribution in [3.05, 3.63) is 53.6 Å². The molecular weight excluding hydrogens is 404 g/mol. The van der Waals surface area contributed by atoms with E-state index in [1.165, 1.54) is 11.1 Å². The molecule has 2 fully saturated rings. The molecule has 2 saturated heterocycles. The second-order valence-corrected chi connectivity index (χ2v) is 9.34. The minimum Gasteiger partial charge on any atom is -0.352 e. The molecule has 0 aliphatic carbocycles. The van der Waals surface area contributed by atoms with Gasteiger partial charge in [0.2, 0.25) is 5.91 Å². The van der Waals surface area contributed by atoms with Crippen LogP contribution in [0.15, 0.2) is 36.7 Å². The number of benzene rings is 1. The van der Waals surface area contributed by atoms with Crippen LogP contribution in [0.25, 0.3) is 0 Å². The Balaban J connectivity index is 1.24. The normalized spacial score (nSPS) is 22.2. The van der Waals surface area contributed by atoms with Crippen molar-refractivity contribution >= 4 is 11.8 Å². The number of aromatic nitrogens is 2. The second-order valence-electron chi connectivity index (χ2n) is 9.34. The summed E-state index contributed by atoms with van der Waals surface area (Å²) in [5.41, 5.74) is 1.87. The summed E-state index contributed by atoms with van der Waals surface area (Å²) < 4.78 is 8.62. The van der Waals surface area contributed by atoms with E-state index in [0.717, 1.165) is 38.2 Å². The van der Waals surface area contributed by atoms with Gasteiger partial charge in [-0.15, -0.1) is 0 Å². The fourth-order valence-corrected chi connectivity index (χ4v) is 5.42. The molecular formula is C25H32N4O3. The largest absolute Gasteiger partial charge is 0.352 e. The zero-order valence-electron chi connectivity index (χ0n) is 18.8. The van der Waals surface area contributed by atoms with Crippen molar-refractivity contribution in [2.75, 3.05) is 26.2 Å². The van der Waals surface area contributed by atoms with Crippen LogP contribution in [-0.2, 0) is 32.9 Å². The van der Waals surface area contributed by atoms with Gasteiger partial charge in [0.25, 0.3) is 5.91 Å². The Kier molecular flexibility index (Phi) is 5.76. The first kappa shape index (κ1) is 21.2. The molecule has 3 aliphatic heterocycles. The number of nitrogens with zero attached hydrogens (tertiary/aromatic N) is 4. The number of hydrogen-bond donors (Lipinski definition) is 0. The molecule has 4 heterocycles. The Bertz CT molecular complexity index is 987. The number of likely N-dealkylation sites (tertiary alicyclic amines) is 2. The third-order valence-corrected chi connectivity index (χ3v) is 7.34. The first-order valence-corrected chi connectivity index (χ1v) is 11.9. The summed E-state index contributed by atoms with van der Waals surface area (Å²) in [5, 5.41) is 0. The summed E-state index contributed by atoms with van der Waals surface area (Å²) in [5.74, 6) is 1.18. The molecule has 170 valence electrons. The van der Waals surface area contributed by atoms with Gasteiger partial charge in [0, 0.05) is 57.8 Å². The fourth-order valence-electron chi connectivity index (χ4n) is 5.42. The maximum Gasteiger partial charge on any atom is 0.253 e. The quantitative estimate of drug-likeness (QED) is 0.739. The van der Waals surface area contributed by atoms with E-state index in [0.29, 0.717) is 38.9 Å². The van der Waals surface area contributed by atoms with Crippen molar-refractivity contribution in [3.8, 4) is 0 Å². The van der Waals surface area contributed by atoms with E-state index in [4.69, 9.17) is 4.74 Å². The highest BCUT2D eigenvalue weighted by molar-refractivity contribution is 5.81. The summed E-state index contributed by atoms with van der Waals surface area (Å²) in [6.45, 7) is 5.52. The molecule has 0 saturated carbocycles. The number of aryl methyl sites for hydroxylation is 2. The lowest BCUT2D eigenvalue weighted by molar-refractivity contribution is -0.182. The van der Waals surface area contributed by atoms with E-state index in [1.807, 2.05) is 28.1 Å². The van der Waals surface area contributed by atoms with Gasteiger partial charge in [0.1, 0.15) is 11.4 Å². The molecule has 0 radical (unpaired) electrons. The van der Waals surface area contributed by atoms with Crippen molar-refractivity contribution in [2.24, 2.45) is 0 Å². The second kappa shape index (κ2) is 8.70. The van der Waals surface area contributed by atoms with Crippen molar-refractivity contribution < 1.29 is 14.3 Å². The Labute approximate surface area is 189 Å². The van der Waals surface area contributed by atoms with Gasteiger partial charge in [0.05, 0.1) is 6.54 Å². The number of carbonyl (C=O) groups excluding carboxylic acids is 2. The minimum atomic E-state index is -0.589. The Morgan fingerprint density at radius 1 is 1.09 bits per heavy atom. The number of ether oxygens (including phenoxy) is 1. The molecule has 1 aromatic heterocycles. The van der Waals surface area contributed by atoms with E-state index >= 15 is 0 Å². The molecule has 32 heavy (non-hydrogen) atoms. The van der Waals surface area contributed by atoms with Crippen molar-refractivity contribution in [1.82, 2.24) is 19.4 Å². The summed E-state index contributed by atoms with van der Waals surface area (Å²) in [4.78, 5) is 34.5. The lowest BCUT2D eigenvalue weighted by Crippen LogP contribution is -2.55. The van der Waals surface area contributed by atoms with Gasteiger partial charge in [-0.25, -0.2) is 4.98 Å². The van der Waals surface area contributed by atoms with E-state index in [-0.39, 0.29) is 11.8 Å². The molecule has 5 rings (SSSR count). The first-order chi connectivity index (χ1) is 15.6. The van der Waals surface area contributed by atoms with Crippen LogP contribution < -0.4 is 0 Å². The summed E-state index contributed by atoms with van der Waals surface area (Å²) >= 11 is 0. The maximum atomic E-state index is 13.1. The van der Waals surface area contributed by atoms with Crippen LogP contribution in [0.5, 0.6) is 0 Å². The third-order valence-electron chi connectivity index (χ3n) is 7.34. The minimum absolute atomic E-state index is 0.0953. The van der Waals surface area contributed by atoms with Crippen LogP contribution >= 0.6 is 0 Å². The average Bonchev–Trinajstić information content (AvgIpc) is 3.51. The van der Waals surface area contributed by atoms with Crippen LogP contribution in [-0.4, -0.2) is 63.4 Å². The Morgan fingerprint density at radius 2 is 1.84 bits per heavy atom. The van der Waals surface area contributed by atoms with E-state index in [1.54, 1.807) is 6.20 Å². The summed E-state index contributed by atoms with van der Waals surface area (Å²) in [6, 6.07) is 8.24. The number of rotatable bonds is 4. The Hall–Kier alpha value is -2.67. The van der Waals surface area contributed by atoms with Crippen LogP contribution in [0, 0.1) is 6.92 Å². The topological polar surface area (TPSA) is 67.7 Å². The zero-order chi connectivity index (χ0) is 22.1. The van der Waals surface area contributed by atoms with Gasteiger partial charge < -0.3 is 19.1 Å². The molecule has 7 heteroatoms. The number of fused-ring (bicyclic) bond motifs is 2. The number of imidazole rings is 1. The molecule has 2 aromatic rings. The molecule has 2 amide bonds. The monoisotopic (exact) mass is 436 g/mol. The average molecular weight is 437 g/mol. The number of amides is 2. The molecule has 0 bridgehead atoms. The molecule has 1 aromatic carbocycles. The highest BCUT2D eigenvalue weighted by Crippen LogP contribution is 2.40. The molecule has 1 spiro atoms. The highest BCUT2D eigenvalue weighted by Gasteiger charge is 2.48. The number of piperidine rings is 1. The van der Waals surface area contributed by atoms with Crippen LogP contribution in [0.2, 0.25) is 0 Å². The van der Waals surface area contributed by atoms with Gasteiger partial charge in [-0.2, -0.15) is 0 Å². The van der Waals surface area contributed by atoms with Crippen molar-refractivity contribution in [3.63, 3.8) is 0 Å². The maximum absolute atomic E-state index is 13.1. The Morgan fingerprint density at radius 3 is 2.59 bits per heavy atom. The number of hydrogen-bond acceptors (Lipinski definition) is 4. The van der Waals surface area contributed by atoms with Crippen molar-refractivity contribution in [1.29, 1.82) is 0 Å². The lowest BCUT2D eigenvalue weighted by Gasteiger charge is -2.46. The SMILES string of the molecule is Cc1ccccc1CCC(=O)N1CCC2(CC1)O[C@H](C(=O)N1CCCC1)Cn1ccnc12. The summed E-state index contributed by atoms with van der Waals surface area (Å²) in [7, 11) is 0. The molecule has 7 nitrogen and oxygen atoms in total. The third kappa shape index (κ3) is 3.94. The van der Waals surface area contributed by atoms with Gasteiger partial charge in [-0.05, 0) is 37.3 Å². The molecule has 1 atom stereocenters. The number of carbonyl (C=O) groups is 2. The zero-order valence-corrected chi connectivity index (χ0v) is 18.8. The highest BCUT2D eigenvalue weighted by atomic mass is 16.5. The van der Waals surface area contributed by atoms with E-state index in [9.17, 15) is 9.59 Å². The smallest absolute Gasteiger partial charge is 0.253 e.